The molecule has 3 rings (SSSR count). The predicted molar refractivity (Wildman–Crippen MR) is 105 cm³/mol. The van der Waals surface area contributed by atoms with E-state index in [1.165, 1.54) is 4.88 Å². The molecule has 0 saturated carbocycles. The number of thiophene rings is 1. The normalized spacial score (nSPS) is 24.3. The van der Waals surface area contributed by atoms with Gasteiger partial charge in [-0.25, -0.2) is 0 Å². The quantitative estimate of drug-likeness (QED) is 0.596. The molecular weight excluding hydrogens is 376 g/mol. The summed E-state index contributed by atoms with van der Waals surface area (Å²) in [7, 11) is 0. The van der Waals surface area contributed by atoms with Gasteiger partial charge < -0.3 is 9.90 Å². The molecule has 0 radical (unpaired) electrons. The Morgan fingerprint density at radius 2 is 1.79 bits per heavy atom. The Morgan fingerprint density at radius 1 is 1.11 bits per heavy atom. The van der Waals surface area contributed by atoms with Gasteiger partial charge in [-0.1, -0.05) is 32.9 Å². The summed E-state index contributed by atoms with van der Waals surface area (Å²) in [5.41, 5.74) is 6.79. The minimum atomic E-state index is -1.24. The van der Waals surface area contributed by atoms with Crippen LogP contribution in [0.25, 0.3) is 0 Å². The molecule has 2 N–H and O–H groups in total. The molecule has 28 heavy (non-hydrogen) atoms. The third-order valence-corrected chi connectivity index (χ3v) is 7.05. The molecule has 2 aliphatic carbocycles. The molecular formula is C21H27N2O4S-. The number of hydrogen-bond donors (Lipinski definition) is 2. The summed E-state index contributed by atoms with van der Waals surface area (Å²) in [5.74, 6) is -3.10. The van der Waals surface area contributed by atoms with Gasteiger partial charge in [-0.15, -0.1) is 11.3 Å². The minimum Gasteiger partial charge on any atom is -0.550 e. The van der Waals surface area contributed by atoms with Crippen LogP contribution in [0.15, 0.2) is 17.5 Å². The van der Waals surface area contributed by atoms with Gasteiger partial charge in [-0.3, -0.25) is 20.4 Å². The summed E-state index contributed by atoms with van der Waals surface area (Å²) in [5, 5.41) is 13.1. The molecule has 1 aromatic rings. The van der Waals surface area contributed by atoms with Crippen LogP contribution in [-0.4, -0.2) is 17.8 Å². The molecule has 2 amide bonds. The average Bonchev–Trinajstić information content (AvgIpc) is 3.08. The topological polar surface area (TPSA) is 98.3 Å². The molecule has 152 valence electrons. The summed E-state index contributed by atoms with van der Waals surface area (Å²) in [4.78, 5) is 37.5. The van der Waals surface area contributed by atoms with Crippen molar-refractivity contribution < 1.29 is 19.5 Å². The smallest absolute Gasteiger partial charge is 0.270 e. The second-order valence-corrected chi connectivity index (χ2v) is 9.74. The molecule has 1 heterocycles. The van der Waals surface area contributed by atoms with Crippen LogP contribution in [0.3, 0.4) is 0 Å². The number of carboxylic acids is 1. The zero-order chi connectivity index (χ0) is 20.5. The summed E-state index contributed by atoms with van der Waals surface area (Å²) in [6.45, 7) is 6.75. The molecule has 3 atom stereocenters. The Morgan fingerprint density at radius 3 is 2.43 bits per heavy atom. The second-order valence-electron chi connectivity index (χ2n) is 8.78. The lowest BCUT2D eigenvalue weighted by Crippen LogP contribution is -2.49. The van der Waals surface area contributed by atoms with Crippen LogP contribution in [0.2, 0.25) is 0 Å². The molecule has 7 heteroatoms. The second kappa shape index (κ2) is 8.07. The van der Waals surface area contributed by atoms with Crippen molar-refractivity contribution in [3.8, 4) is 0 Å². The van der Waals surface area contributed by atoms with Gasteiger partial charge in [0.25, 0.3) is 5.91 Å². The van der Waals surface area contributed by atoms with Gasteiger partial charge in [0.05, 0.1) is 11.5 Å². The minimum absolute atomic E-state index is 0.238. The van der Waals surface area contributed by atoms with Gasteiger partial charge in [-0.05, 0) is 49.0 Å². The Kier molecular flexibility index (Phi) is 5.93. The number of carboxylic acid groups (broad SMARTS) is 1. The van der Waals surface area contributed by atoms with Gasteiger partial charge in [0.1, 0.15) is 0 Å². The Bertz CT molecular complexity index is 806. The molecule has 0 spiro atoms. The average molecular weight is 404 g/mol. The van der Waals surface area contributed by atoms with Gasteiger partial charge in [-0.2, -0.15) is 0 Å². The SMILES string of the molecule is CC(C)(C)[C@H]1CCc2c(C(=O)NNC(=O)[C@@H]3CC=CC[C@@H]3C(=O)[O-])csc2C1. The number of nitrogens with one attached hydrogen (secondary N) is 2. The van der Waals surface area contributed by atoms with Crippen molar-refractivity contribution in [1.82, 2.24) is 10.9 Å². The van der Waals surface area contributed by atoms with Crippen LogP contribution in [0.5, 0.6) is 0 Å². The molecule has 0 bridgehead atoms. The van der Waals surface area contributed by atoms with E-state index in [2.05, 4.69) is 31.6 Å². The number of hydrogen-bond acceptors (Lipinski definition) is 5. The molecule has 2 aliphatic rings. The molecule has 6 nitrogen and oxygen atoms in total. The van der Waals surface area contributed by atoms with Crippen molar-refractivity contribution in [1.29, 1.82) is 0 Å². The van der Waals surface area contributed by atoms with E-state index in [4.69, 9.17) is 0 Å². The zero-order valence-corrected chi connectivity index (χ0v) is 17.4. The van der Waals surface area contributed by atoms with E-state index in [1.807, 2.05) is 5.38 Å². The molecule has 0 unspecified atom stereocenters. The third kappa shape index (κ3) is 4.29. The first-order valence-electron chi connectivity index (χ1n) is 9.73. The lowest BCUT2D eigenvalue weighted by atomic mass is 9.72. The van der Waals surface area contributed by atoms with Crippen LogP contribution in [0.1, 0.15) is 60.8 Å². The van der Waals surface area contributed by atoms with Crippen molar-refractivity contribution >= 4 is 29.1 Å². The highest BCUT2D eigenvalue weighted by Crippen LogP contribution is 2.40. The van der Waals surface area contributed by atoms with E-state index >= 15 is 0 Å². The van der Waals surface area contributed by atoms with E-state index in [9.17, 15) is 19.5 Å². The first-order chi connectivity index (χ1) is 13.2. The van der Waals surface area contributed by atoms with Crippen molar-refractivity contribution in [2.24, 2.45) is 23.2 Å². The van der Waals surface area contributed by atoms with E-state index in [0.717, 1.165) is 24.8 Å². The van der Waals surface area contributed by atoms with Crippen molar-refractivity contribution in [3.63, 3.8) is 0 Å². The number of amides is 2. The Hall–Kier alpha value is -2.15. The number of rotatable bonds is 3. The molecule has 0 saturated heterocycles. The highest BCUT2D eigenvalue weighted by atomic mass is 32.1. The van der Waals surface area contributed by atoms with Gasteiger partial charge in [0.2, 0.25) is 5.91 Å². The standard InChI is InChI=1S/C21H28N2O4S/c1-21(2,3)12-8-9-13-16(11-28-17(13)10-12)19(25)23-22-18(24)14-6-4-5-7-15(14)20(26)27/h4-5,11-12,14-15H,6-10H2,1-3H3,(H,22,24)(H,23,25)(H,26,27)/p-1/t12-,14+,15-/m0/s1. The van der Waals surface area contributed by atoms with Crippen LogP contribution in [-0.2, 0) is 22.4 Å². The fourth-order valence-corrected chi connectivity index (χ4v) is 5.25. The fourth-order valence-electron chi connectivity index (χ4n) is 4.08. The van der Waals surface area contributed by atoms with Crippen LogP contribution in [0, 0.1) is 23.2 Å². The first-order valence-corrected chi connectivity index (χ1v) is 10.6. The number of hydrazine groups is 1. The number of allylic oxidation sites excluding steroid dienone is 2. The fraction of sp³-hybridized carbons (Fsp3) is 0.571. The molecule has 0 aliphatic heterocycles. The number of carbonyl (C=O) groups excluding carboxylic acids is 3. The summed E-state index contributed by atoms with van der Waals surface area (Å²) in [6, 6.07) is 0. The van der Waals surface area contributed by atoms with Gasteiger partial charge in [0, 0.05) is 22.1 Å². The van der Waals surface area contributed by atoms with Crippen LogP contribution < -0.4 is 16.0 Å². The van der Waals surface area contributed by atoms with E-state index in [1.54, 1.807) is 23.5 Å². The maximum absolute atomic E-state index is 12.6. The molecule has 0 fully saturated rings. The van der Waals surface area contributed by atoms with Gasteiger partial charge in [0.15, 0.2) is 0 Å². The number of carbonyl (C=O) groups is 3. The van der Waals surface area contributed by atoms with Crippen LogP contribution in [0.4, 0.5) is 0 Å². The van der Waals surface area contributed by atoms with E-state index < -0.39 is 23.7 Å². The van der Waals surface area contributed by atoms with Crippen LogP contribution >= 0.6 is 11.3 Å². The summed E-state index contributed by atoms with van der Waals surface area (Å²) in [6.07, 6.45) is 6.99. The summed E-state index contributed by atoms with van der Waals surface area (Å²) < 4.78 is 0. The monoisotopic (exact) mass is 403 g/mol. The molecule has 1 aromatic heterocycles. The Balaban J connectivity index is 1.62. The highest BCUT2D eigenvalue weighted by Gasteiger charge is 2.33. The number of aliphatic carboxylic acids is 1. The lowest BCUT2D eigenvalue weighted by Gasteiger charge is -2.34. The van der Waals surface area contributed by atoms with Crippen molar-refractivity contribution in [3.05, 3.63) is 33.5 Å². The van der Waals surface area contributed by atoms with Gasteiger partial charge >= 0.3 is 0 Å². The van der Waals surface area contributed by atoms with E-state index in [0.29, 0.717) is 17.9 Å². The largest absolute Gasteiger partial charge is 0.550 e. The highest BCUT2D eigenvalue weighted by molar-refractivity contribution is 7.10. The van der Waals surface area contributed by atoms with E-state index in [-0.39, 0.29) is 17.7 Å². The van der Waals surface area contributed by atoms with Crippen molar-refractivity contribution in [2.75, 3.05) is 0 Å². The number of fused-ring (bicyclic) bond motifs is 1. The van der Waals surface area contributed by atoms with Crippen molar-refractivity contribution in [2.45, 2.75) is 52.9 Å². The maximum Gasteiger partial charge on any atom is 0.270 e. The first kappa shape index (κ1) is 20.6. The zero-order valence-electron chi connectivity index (χ0n) is 16.5. The lowest BCUT2D eigenvalue weighted by molar-refractivity contribution is -0.313. The Labute approximate surface area is 169 Å². The third-order valence-electron chi connectivity index (χ3n) is 6.00. The molecule has 0 aromatic carbocycles. The predicted octanol–water partition coefficient (Wildman–Crippen LogP) is 1.99. The summed E-state index contributed by atoms with van der Waals surface area (Å²) >= 11 is 1.60. The maximum atomic E-state index is 12.6.